The predicted octanol–water partition coefficient (Wildman–Crippen LogP) is 0.529. The van der Waals surface area contributed by atoms with Crippen LogP contribution in [-0.2, 0) is 0 Å². The van der Waals surface area contributed by atoms with Gasteiger partial charge in [0.15, 0.2) is 0 Å². The molecule has 0 spiro atoms. The van der Waals surface area contributed by atoms with E-state index >= 15 is 0 Å². The minimum absolute atomic E-state index is 0.750. The summed E-state index contributed by atoms with van der Waals surface area (Å²) in [6.45, 7) is 0. The smallest absolute Gasteiger partial charge is 0.430 e. The zero-order valence-corrected chi connectivity index (χ0v) is 7.52. The van der Waals surface area contributed by atoms with Crippen molar-refractivity contribution in [3.8, 4) is 0 Å². The number of rotatable bonds is 0. The van der Waals surface area contributed by atoms with Gasteiger partial charge in [0.1, 0.15) is 0 Å². The molecule has 0 aliphatic heterocycles. The molecule has 1 aromatic rings. The highest BCUT2D eigenvalue weighted by molar-refractivity contribution is 14.1. The zero-order chi connectivity index (χ0) is 7.82. The monoisotopic (exact) mass is 250 g/mol. The Morgan fingerprint density at radius 2 is 1.50 bits per heavy atom. The summed E-state index contributed by atoms with van der Waals surface area (Å²) in [7, 11) is -0.750. The lowest BCUT2D eigenvalue weighted by Gasteiger charge is -1.80. The van der Waals surface area contributed by atoms with E-state index in [-0.39, 0.29) is 0 Å². The van der Waals surface area contributed by atoms with Crippen LogP contribution in [0.4, 0.5) is 0 Å². The van der Waals surface area contributed by atoms with E-state index in [9.17, 15) is 0 Å². The molecule has 4 heteroatoms. The Morgan fingerprint density at radius 1 is 1.10 bits per heavy atom. The second kappa shape index (κ2) is 7.05. The molecule has 10 heavy (non-hydrogen) atoms. The van der Waals surface area contributed by atoms with E-state index in [0.717, 1.165) is 0 Å². The Bertz CT molecular complexity index is 157. The first-order valence-corrected chi connectivity index (χ1v) is 3.81. The summed E-state index contributed by atoms with van der Waals surface area (Å²) >= 11 is 2.28. The van der Waals surface area contributed by atoms with Crippen LogP contribution in [0.15, 0.2) is 30.3 Å². The molecule has 0 unspecified atom stereocenters. The molecule has 0 aliphatic carbocycles. The minimum Gasteiger partial charge on any atom is -0.430 e. The molecule has 0 radical (unpaired) electrons. The number of hydrogen-bond donors (Lipinski definition) is 2. The molecule has 0 fully saturated rings. The van der Waals surface area contributed by atoms with Crippen molar-refractivity contribution >= 4 is 30.3 Å². The summed E-state index contributed by atoms with van der Waals surface area (Å²) < 4.78 is 1.29. The molecule has 0 bridgehead atoms. The van der Waals surface area contributed by atoms with Crippen LogP contribution >= 0.6 is 22.6 Å². The maximum atomic E-state index is 7.12. The summed E-state index contributed by atoms with van der Waals surface area (Å²) in [6.07, 6.45) is 0. The van der Waals surface area contributed by atoms with Crippen molar-refractivity contribution in [1.29, 1.82) is 0 Å². The minimum atomic E-state index is -0.750. The Morgan fingerprint density at radius 3 is 1.70 bits per heavy atom. The summed E-state index contributed by atoms with van der Waals surface area (Å²) in [4.78, 5) is 0. The normalized spacial score (nSPS) is 7.50. The summed E-state index contributed by atoms with van der Waals surface area (Å²) in [6, 6.07) is 10.2. The third-order valence-corrected chi connectivity index (χ3v) is 1.45. The van der Waals surface area contributed by atoms with Gasteiger partial charge in [-0.15, -0.1) is 0 Å². The zero-order valence-electron chi connectivity index (χ0n) is 5.37. The van der Waals surface area contributed by atoms with Gasteiger partial charge in [-0.25, -0.2) is 0 Å². The van der Waals surface area contributed by atoms with Gasteiger partial charge in [0.05, 0.1) is 0 Å². The van der Waals surface area contributed by atoms with Crippen molar-refractivity contribution in [2.45, 2.75) is 0 Å². The SMILES string of the molecule is Ic1ccccc1.OBO. The molecule has 54 valence electrons. The predicted molar refractivity (Wildman–Crippen MR) is 50.7 cm³/mol. The van der Waals surface area contributed by atoms with Gasteiger partial charge in [-0.1, -0.05) is 18.2 Å². The van der Waals surface area contributed by atoms with Crippen molar-refractivity contribution in [2.24, 2.45) is 0 Å². The van der Waals surface area contributed by atoms with Gasteiger partial charge in [0.25, 0.3) is 0 Å². The van der Waals surface area contributed by atoms with Crippen molar-refractivity contribution < 1.29 is 10.0 Å². The Hall–Kier alpha value is -0.0651. The van der Waals surface area contributed by atoms with E-state index < -0.39 is 7.69 Å². The van der Waals surface area contributed by atoms with Crippen LogP contribution in [0.2, 0.25) is 0 Å². The molecule has 0 amide bonds. The highest BCUT2D eigenvalue weighted by Gasteiger charge is 1.74. The number of hydrogen-bond acceptors (Lipinski definition) is 2. The molecular weight excluding hydrogens is 242 g/mol. The quantitative estimate of drug-likeness (QED) is 0.520. The fraction of sp³-hybridized carbons (Fsp3) is 0. The van der Waals surface area contributed by atoms with Gasteiger partial charge < -0.3 is 10.0 Å². The second-order valence-corrected chi connectivity index (χ2v) is 2.68. The fourth-order valence-corrected chi connectivity index (χ4v) is 0.830. The average molecular weight is 250 g/mol. The molecule has 0 aliphatic rings. The van der Waals surface area contributed by atoms with Crippen LogP contribution in [0.3, 0.4) is 0 Å². The first kappa shape index (κ1) is 9.93. The van der Waals surface area contributed by atoms with Gasteiger partial charge in [-0.05, 0) is 34.7 Å². The summed E-state index contributed by atoms with van der Waals surface area (Å²) in [5.41, 5.74) is 0. The topological polar surface area (TPSA) is 40.5 Å². The van der Waals surface area contributed by atoms with E-state index in [1.54, 1.807) is 0 Å². The molecule has 1 aromatic carbocycles. The Balaban J connectivity index is 0.000000236. The van der Waals surface area contributed by atoms with Crippen LogP contribution in [-0.4, -0.2) is 17.7 Å². The maximum Gasteiger partial charge on any atom is 0.432 e. The standard InChI is InChI=1S/C6H5I.BH3O2/c7-6-4-2-1-3-5-6;2-1-3/h1-5H;1-3H. The van der Waals surface area contributed by atoms with E-state index in [2.05, 4.69) is 34.7 Å². The number of benzene rings is 1. The third kappa shape index (κ3) is 6.06. The molecule has 0 saturated heterocycles. The molecule has 0 atom stereocenters. The number of halogens is 1. The first-order valence-electron chi connectivity index (χ1n) is 2.73. The van der Waals surface area contributed by atoms with Gasteiger partial charge in [0.2, 0.25) is 0 Å². The van der Waals surface area contributed by atoms with Gasteiger partial charge in [-0.3, -0.25) is 0 Å². The molecule has 0 saturated carbocycles. The average Bonchev–Trinajstić information content (AvgIpc) is 1.91. The molecule has 2 nitrogen and oxygen atoms in total. The lowest BCUT2D eigenvalue weighted by Crippen LogP contribution is -1.75. The van der Waals surface area contributed by atoms with Crippen molar-refractivity contribution in [1.82, 2.24) is 0 Å². The van der Waals surface area contributed by atoms with Gasteiger partial charge in [-0.2, -0.15) is 0 Å². The van der Waals surface area contributed by atoms with E-state index in [4.69, 9.17) is 10.0 Å². The molecule has 0 aromatic heterocycles. The summed E-state index contributed by atoms with van der Waals surface area (Å²) in [5, 5.41) is 14.2. The molecule has 2 N–H and O–H groups in total. The van der Waals surface area contributed by atoms with Crippen LogP contribution in [0, 0.1) is 3.57 Å². The van der Waals surface area contributed by atoms with Gasteiger partial charge in [0, 0.05) is 3.57 Å². The van der Waals surface area contributed by atoms with Crippen LogP contribution in [0.1, 0.15) is 0 Å². The lowest BCUT2D eigenvalue weighted by atomic mass is 10.4. The largest absolute Gasteiger partial charge is 0.432 e. The third-order valence-electron chi connectivity index (χ3n) is 0.733. The fourth-order valence-electron chi connectivity index (χ4n) is 0.415. The Kier molecular flexibility index (Phi) is 7.00. The first-order chi connectivity index (χ1) is 4.81. The highest BCUT2D eigenvalue weighted by Crippen LogP contribution is 1.99. The van der Waals surface area contributed by atoms with Crippen molar-refractivity contribution in [3.63, 3.8) is 0 Å². The molecule has 1 rings (SSSR count). The van der Waals surface area contributed by atoms with E-state index in [1.807, 2.05) is 18.2 Å². The van der Waals surface area contributed by atoms with Crippen molar-refractivity contribution in [2.75, 3.05) is 0 Å². The molecular formula is C6H8BIO2. The van der Waals surface area contributed by atoms with Crippen LogP contribution < -0.4 is 0 Å². The van der Waals surface area contributed by atoms with E-state index in [0.29, 0.717) is 0 Å². The maximum absolute atomic E-state index is 7.12. The Labute approximate surface area is 74.3 Å². The van der Waals surface area contributed by atoms with Crippen LogP contribution in [0.25, 0.3) is 0 Å². The van der Waals surface area contributed by atoms with Crippen LogP contribution in [0.5, 0.6) is 0 Å². The highest BCUT2D eigenvalue weighted by atomic mass is 127. The lowest BCUT2D eigenvalue weighted by molar-refractivity contribution is 0.448. The summed E-state index contributed by atoms with van der Waals surface area (Å²) in [5.74, 6) is 0. The molecule has 0 heterocycles. The van der Waals surface area contributed by atoms with E-state index in [1.165, 1.54) is 3.57 Å². The van der Waals surface area contributed by atoms with Gasteiger partial charge >= 0.3 is 7.69 Å². The van der Waals surface area contributed by atoms with Crippen molar-refractivity contribution in [3.05, 3.63) is 33.9 Å². The second-order valence-electron chi connectivity index (χ2n) is 1.44.